The molecule has 0 aliphatic carbocycles. The molecule has 10 heavy (non-hydrogen) atoms. The van der Waals surface area contributed by atoms with E-state index in [0.29, 0.717) is 0 Å². The summed E-state index contributed by atoms with van der Waals surface area (Å²) in [5.74, 6) is 0.0162. The van der Waals surface area contributed by atoms with Gasteiger partial charge in [-0.15, -0.1) is 11.3 Å². The van der Waals surface area contributed by atoms with Gasteiger partial charge in [-0.3, -0.25) is 4.79 Å². The molecule has 0 fully saturated rings. The molecule has 0 aliphatic heterocycles. The normalized spacial score (nSPS) is 13.0. The van der Waals surface area contributed by atoms with Gasteiger partial charge in [0.05, 0.1) is 6.04 Å². The number of hydrogen-bond acceptors (Lipinski definition) is 3. The highest BCUT2D eigenvalue weighted by atomic mass is 32.1. The van der Waals surface area contributed by atoms with Crippen molar-refractivity contribution < 1.29 is 4.79 Å². The van der Waals surface area contributed by atoms with Gasteiger partial charge in [-0.25, -0.2) is 0 Å². The van der Waals surface area contributed by atoms with Crippen LogP contribution in [0.3, 0.4) is 0 Å². The van der Waals surface area contributed by atoms with Gasteiger partial charge in [0, 0.05) is 4.88 Å². The predicted molar refractivity (Wildman–Crippen MR) is 41.9 cm³/mol. The van der Waals surface area contributed by atoms with Gasteiger partial charge in [0.2, 0.25) is 0 Å². The molecule has 0 aromatic carbocycles. The van der Waals surface area contributed by atoms with Gasteiger partial charge < -0.3 is 5.73 Å². The number of nitrogens with two attached hydrogens (primary N) is 1. The average molecular weight is 155 g/mol. The molecular weight excluding hydrogens is 146 g/mol. The lowest BCUT2D eigenvalue weighted by molar-refractivity contribution is -0.118. The summed E-state index contributed by atoms with van der Waals surface area (Å²) in [5, 5.41) is 1.91. The summed E-state index contributed by atoms with van der Waals surface area (Å²) in [6.45, 7) is 1.50. The topological polar surface area (TPSA) is 43.1 Å². The molecule has 0 amide bonds. The summed E-state index contributed by atoms with van der Waals surface area (Å²) in [6, 6.07) is 3.35. The molecule has 54 valence electrons. The minimum absolute atomic E-state index is 0.0162. The van der Waals surface area contributed by atoms with Crippen LogP contribution in [0.5, 0.6) is 0 Å². The van der Waals surface area contributed by atoms with Crippen molar-refractivity contribution in [1.82, 2.24) is 0 Å². The SMILES string of the molecule is CC(=O)C(N)c1cccs1. The summed E-state index contributed by atoms with van der Waals surface area (Å²) < 4.78 is 0. The van der Waals surface area contributed by atoms with E-state index in [9.17, 15) is 4.79 Å². The van der Waals surface area contributed by atoms with Crippen molar-refractivity contribution >= 4 is 17.1 Å². The monoisotopic (exact) mass is 155 g/mol. The Bertz CT molecular complexity index is 218. The van der Waals surface area contributed by atoms with Crippen molar-refractivity contribution in [2.24, 2.45) is 5.73 Å². The lowest BCUT2D eigenvalue weighted by atomic mass is 10.2. The van der Waals surface area contributed by atoms with Gasteiger partial charge in [0.1, 0.15) is 0 Å². The number of carbonyl (C=O) groups is 1. The zero-order valence-corrected chi connectivity index (χ0v) is 6.52. The van der Waals surface area contributed by atoms with Crippen LogP contribution in [-0.2, 0) is 4.79 Å². The molecule has 0 radical (unpaired) electrons. The summed E-state index contributed by atoms with van der Waals surface area (Å²) in [7, 11) is 0. The zero-order valence-electron chi connectivity index (χ0n) is 5.70. The number of Topliss-reactive ketones (excluding diaryl/α,β-unsaturated/α-hetero) is 1. The van der Waals surface area contributed by atoms with E-state index in [-0.39, 0.29) is 5.78 Å². The highest BCUT2D eigenvalue weighted by molar-refractivity contribution is 7.10. The molecule has 2 nitrogen and oxygen atoms in total. The lowest BCUT2D eigenvalue weighted by Gasteiger charge is -2.01. The van der Waals surface area contributed by atoms with E-state index >= 15 is 0 Å². The largest absolute Gasteiger partial charge is 0.317 e. The van der Waals surface area contributed by atoms with Crippen molar-refractivity contribution in [3.05, 3.63) is 22.4 Å². The third-order valence-electron chi connectivity index (χ3n) is 1.29. The molecule has 0 saturated heterocycles. The summed E-state index contributed by atoms with van der Waals surface area (Å²) in [4.78, 5) is 11.7. The summed E-state index contributed by atoms with van der Waals surface area (Å²) in [6.07, 6.45) is 0. The Labute approximate surface area is 63.7 Å². The molecule has 0 aliphatic rings. The second-order valence-corrected chi connectivity index (χ2v) is 3.08. The van der Waals surface area contributed by atoms with Crippen molar-refractivity contribution in [3.63, 3.8) is 0 Å². The van der Waals surface area contributed by atoms with Crippen LogP contribution in [0.1, 0.15) is 17.8 Å². The quantitative estimate of drug-likeness (QED) is 0.700. The molecule has 1 unspecified atom stereocenters. The second kappa shape index (κ2) is 2.94. The highest BCUT2D eigenvalue weighted by Gasteiger charge is 2.10. The van der Waals surface area contributed by atoms with Crippen molar-refractivity contribution in [3.8, 4) is 0 Å². The first-order valence-corrected chi connectivity index (χ1v) is 3.89. The average Bonchev–Trinajstić information content (AvgIpc) is 2.36. The van der Waals surface area contributed by atoms with Crippen molar-refractivity contribution in [2.75, 3.05) is 0 Å². The Balaban J connectivity index is 2.77. The number of thiophene rings is 1. The minimum atomic E-state index is -0.417. The van der Waals surface area contributed by atoms with E-state index in [2.05, 4.69) is 0 Å². The van der Waals surface area contributed by atoms with E-state index in [1.807, 2.05) is 17.5 Å². The fraction of sp³-hybridized carbons (Fsp3) is 0.286. The Hall–Kier alpha value is -0.670. The molecule has 1 aromatic rings. The Morgan fingerprint density at radius 2 is 2.50 bits per heavy atom. The van der Waals surface area contributed by atoms with Gasteiger partial charge in [0.15, 0.2) is 5.78 Å². The molecule has 1 atom stereocenters. The second-order valence-electron chi connectivity index (χ2n) is 2.10. The van der Waals surface area contributed by atoms with Gasteiger partial charge in [-0.1, -0.05) is 6.07 Å². The van der Waals surface area contributed by atoms with E-state index in [1.165, 1.54) is 18.3 Å². The fourth-order valence-electron chi connectivity index (χ4n) is 0.669. The molecule has 2 N–H and O–H groups in total. The van der Waals surface area contributed by atoms with Crippen LogP contribution >= 0.6 is 11.3 Å². The van der Waals surface area contributed by atoms with Crippen LogP contribution in [0.25, 0.3) is 0 Å². The van der Waals surface area contributed by atoms with Gasteiger partial charge in [-0.2, -0.15) is 0 Å². The standard InChI is InChI=1S/C7H9NOS/c1-5(9)7(8)6-3-2-4-10-6/h2-4,7H,8H2,1H3. The fourth-order valence-corrected chi connectivity index (χ4v) is 1.45. The maximum atomic E-state index is 10.7. The highest BCUT2D eigenvalue weighted by Crippen LogP contribution is 2.16. The number of carbonyl (C=O) groups excluding carboxylic acids is 1. The first-order valence-electron chi connectivity index (χ1n) is 3.01. The summed E-state index contributed by atoms with van der Waals surface area (Å²) >= 11 is 1.51. The van der Waals surface area contributed by atoms with Crippen LogP contribution < -0.4 is 5.73 Å². The van der Waals surface area contributed by atoms with Crippen LogP contribution in [0.2, 0.25) is 0 Å². The number of rotatable bonds is 2. The zero-order chi connectivity index (χ0) is 7.56. The third-order valence-corrected chi connectivity index (χ3v) is 2.24. The van der Waals surface area contributed by atoms with Crippen molar-refractivity contribution in [1.29, 1.82) is 0 Å². The maximum Gasteiger partial charge on any atom is 0.151 e. The van der Waals surface area contributed by atoms with E-state index < -0.39 is 6.04 Å². The van der Waals surface area contributed by atoms with E-state index in [1.54, 1.807) is 0 Å². The van der Waals surface area contributed by atoms with Crippen LogP contribution in [0.15, 0.2) is 17.5 Å². The Morgan fingerprint density at radius 3 is 2.90 bits per heavy atom. The molecule has 1 rings (SSSR count). The van der Waals surface area contributed by atoms with Crippen LogP contribution in [-0.4, -0.2) is 5.78 Å². The smallest absolute Gasteiger partial charge is 0.151 e. The third kappa shape index (κ3) is 1.43. The van der Waals surface area contributed by atoms with Crippen molar-refractivity contribution in [2.45, 2.75) is 13.0 Å². The Kier molecular flexibility index (Phi) is 2.19. The van der Waals surface area contributed by atoms with E-state index in [0.717, 1.165) is 4.88 Å². The van der Waals surface area contributed by atoms with Gasteiger partial charge in [0.25, 0.3) is 0 Å². The summed E-state index contributed by atoms with van der Waals surface area (Å²) in [5.41, 5.74) is 5.54. The molecular formula is C7H9NOS. The maximum absolute atomic E-state index is 10.7. The van der Waals surface area contributed by atoms with Gasteiger partial charge >= 0.3 is 0 Å². The minimum Gasteiger partial charge on any atom is -0.317 e. The van der Waals surface area contributed by atoms with E-state index in [4.69, 9.17) is 5.73 Å². The Morgan fingerprint density at radius 1 is 1.80 bits per heavy atom. The lowest BCUT2D eigenvalue weighted by Crippen LogP contribution is -2.16. The first kappa shape index (κ1) is 7.44. The molecule has 1 heterocycles. The van der Waals surface area contributed by atoms with Crippen LogP contribution in [0, 0.1) is 0 Å². The molecule has 0 bridgehead atoms. The van der Waals surface area contributed by atoms with Gasteiger partial charge in [-0.05, 0) is 18.4 Å². The number of hydrogen-bond donors (Lipinski definition) is 1. The first-order chi connectivity index (χ1) is 4.72. The predicted octanol–water partition coefficient (Wildman–Crippen LogP) is 1.34. The van der Waals surface area contributed by atoms with Crippen LogP contribution in [0.4, 0.5) is 0 Å². The molecule has 1 aromatic heterocycles. The molecule has 3 heteroatoms. The number of ketones is 1. The molecule has 0 spiro atoms. The molecule has 0 saturated carbocycles.